The summed E-state index contributed by atoms with van der Waals surface area (Å²) < 4.78 is 5.74. The van der Waals surface area contributed by atoms with Crippen LogP contribution in [-0.2, 0) is 13.2 Å². The van der Waals surface area contributed by atoms with Gasteiger partial charge in [-0.15, -0.1) is 11.3 Å². The van der Waals surface area contributed by atoms with Crippen molar-refractivity contribution in [1.29, 1.82) is 0 Å². The third-order valence-electron chi connectivity index (χ3n) is 4.51. The highest BCUT2D eigenvalue weighted by atomic mass is 35.5. The van der Waals surface area contributed by atoms with Crippen LogP contribution in [0.2, 0.25) is 5.02 Å². The van der Waals surface area contributed by atoms with Gasteiger partial charge in [0.1, 0.15) is 17.4 Å². The van der Waals surface area contributed by atoms with Crippen molar-refractivity contribution in [3.63, 3.8) is 0 Å². The highest BCUT2D eigenvalue weighted by Gasteiger charge is 2.12. The van der Waals surface area contributed by atoms with Gasteiger partial charge < -0.3 is 19.9 Å². The molecule has 0 radical (unpaired) electrons. The van der Waals surface area contributed by atoms with Crippen LogP contribution >= 0.6 is 22.9 Å². The van der Waals surface area contributed by atoms with Crippen molar-refractivity contribution in [3.8, 4) is 5.75 Å². The van der Waals surface area contributed by atoms with E-state index in [1.165, 1.54) is 39.1 Å². The van der Waals surface area contributed by atoms with Crippen LogP contribution in [0.25, 0.3) is 0 Å². The van der Waals surface area contributed by atoms with E-state index in [-0.39, 0.29) is 0 Å². The number of rotatable bonds is 9. The van der Waals surface area contributed by atoms with Crippen molar-refractivity contribution in [2.75, 3.05) is 46.3 Å². The minimum absolute atomic E-state index is 0.496. The molecule has 1 aliphatic rings. The van der Waals surface area contributed by atoms with E-state index in [0.29, 0.717) is 11.6 Å². The van der Waals surface area contributed by atoms with E-state index in [2.05, 4.69) is 32.5 Å². The second kappa shape index (κ2) is 10.2. The van der Waals surface area contributed by atoms with Gasteiger partial charge in [0.05, 0.1) is 5.69 Å². The third-order valence-corrected chi connectivity index (χ3v) is 5.63. The van der Waals surface area contributed by atoms with Crippen LogP contribution < -0.4 is 10.1 Å². The molecule has 0 spiro atoms. The van der Waals surface area contributed by atoms with Gasteiger partial charge in [0.25, 0.3) is 0 Å². The predicted octanol–water partition coefficient (Wildman–Crippen LogP) is 3.10. The SMILES string of the molecule is CN1CCN(CCCNCc2csc(COc3ccc(Cl)cc3)n2)CC1. The fourth-order valence-electron chi connectivity index (χ4n) is 2.89. The smallest absolute Gasteiger partial charge is 0.140 e. The Morgan fingerprint density at radius 1 is 1.19 bits per heavy atom. The van der Waals surface area contributed by atoms with E-state index in [4.69, 9.17) is 16.3 Å². The number of thiazole rings is 1. The maximum absolute atomic E-state index is 5.88. The van der Waals surface area contributed by atoms with Gasteiger partial charge in [-0.25, -0.2) is 4.98 Å². The van der Waals surface area contributed by atoms with Gasteiger partial charge in [0.15, 0.2) is 0 Å². The van der Waals surface area contributed by atoms with E-state index in [1.54, 1.807) is 11.3 Å². The molecule has 0 atom stereocenters. The summed E-state index contributed by atoms with van der Waals surface area (Å²) in [5, 5.41) is 7.31. The van der Waals surface area contributed by atoms with Crippen LogP contribution in [0.5, 0.6) is 5.75 Å². The summed E-state index contributed by atoms with van der Waals surface area (Å²) in [6.45, 7) is 8.29. The van der Waals surface area contributed by atoms with Gasteiger partial charge in [-0.3, -0.25) is 0 Å². The Labute approximate surface area is 164 Å². The normalized spacial score (nSPS) is 16.1. The summed E-state index contributed by atoms with van der Waals surface area (Å²) in [4.78, 5) is 9.57. The molecule has 2 aromatic rings. The number of nitrogens with zero attached hydrogens (tertiary/aromatic N) is 3. The number of benzene rings is 1. The molecule has 1 aliphatic heterocycles. The predicted molar refractivity (Wildman–Crippen MR) is 108 cm³/mol. The molecular formula is C19H27ClN4OS. The summed E-state index contributed by atoms with van der Waals surface area (Å²) in [6.07, 6.45) is 1.18. The summed E-state index contributed by atoms with van der Waals surface area (Å²) in [5.74, 6) is 0.813. The zero-order valence-corrected chi connectivity index (χ0v) is 16.9. The molecule has 0 unspecified atom stereocenters. The molecule has 0 aliphatic carbocycles. The Bertz CT molecular complexity index is 656. The molecular weight excluding hydrogens is 368 g/mol. The number of hydrogen-bond acceptors (Lipinski definition) is 6. The summed E-state index contributed by atoms with van der Waals surface area (Å²) in [6, 6.07) is 7.41. The molecule has 3 rings (SSSR count). The first-order valence-electron chi connectivity index (χ1n) is 9.12. The molecule has 5 nitrogen and oxygen atoms in total. The van der Waals surface area contributed by atoms with Gasteiger partial charge in [-0.05, 0) is 50.8 Å². The van der Waals surface area contributed by atoms with Crippen LogP contribution in [0, 0.1) is 0 Å². The number of likely N-dealkylation sites (N-methyl/N-ethyl adjacent to an activating group) is 1. The number of halogens is 1. The van der Waals surface area contributed by atoms with Crippen LogP contribution in [0.1, 0.15) is 17.1 Å². The van der Waals surface area contributed by atoms with Crippen molar-refractivity contribution >= 4 is 22.9 Å². The number of ether oxygens (including phenoxy) is 1. The number of piperazine rings is 1. The van der Waals surface area contributed by atoms with E-state index < -0.39 is 0 Å². The van der Waals surface area contributed by atoms with Crippen LogP contribution in [-0.4, -0.2) is 61.1 Å². The minimum atomic E-state index is 0.496. The molecule has 1 aromatic carbocycles. The van der Waals surface area contributed by atoms with Crippen molar-refractivity contribution in [2.45, 2.75) is 19.6 Å². The van der Waals surface area contributed by atoms with Crippen molar-refractivity contribution in [2.24, 2.45) is 0 Å². The minimum Gasteiger partial charge on any atom is -0.486 e. The van der Waals surface area contributed by atoms with Gasteiger partial charge in [-0.2, -0.15) is 0 Å². The highest BCUT2D eigenvalue weighted by Crippen LogP contribution is 2.18. The van der Waals surface area contributed by atoms with E-state index in [1.807, 2.05) is 24.3 Å². The van der Waals surface area contributed by atoms with Crippen molar-refractivity contribution < 1.29 is 4.74 Å². The number of aromatic nitrogens is 1. The molecule has 1 N–H and O–H groups in total. The van der Waals surface area contributed by atoms with Gasteiger partial charge in [0, 0.05) is 43.1 Å². The van der Waals surface area contributed by atoms with Gasteiger partial charge in [0.2, 0.25) is 0 Å². The standard InChI is InChI=1S/C19H27ClN4OS/c1-23-9-11-24(12-10-23)8-2-7-21-13-17-15-26-19(22-17)14-25-18-5-3-16(20)4-6-18/h3-6,15,21H,2,7-14H2,1H3. The van der Waals surface area contributed by atoms with E-state index >= 15 is 0 Å². The van der Waals surface area contributed by atoms with E-state index in [9.17, 15) is 0 Å². The maximum Gasteiger partial charge on any atom is 0.140 e. The average molecular weight is 395 g/mol. The first-order valence-corrected chi connectivity index (χ1v) is 10.4. The number of hydrogen-bond donors (Lipinski definition) is 1. The molecule has 1 fully saturated rings. The largest absolute Gasteiger partial charge is 0.486 e. The second-order valence-electron chi connectivity index (χ2n) is 6.65. The summed E-state index contributed by atoms with van der Waals surface area (Å²) in [5.41, 5.74) is 1.09. The van der Waals surface area contributed by atoms with Gasteiger partial charge in [-0.1, -0.05) is 11.6 Å². The van der Waals surface area contributed by atoms with E-state index in [0.717, 1.165) is 29.5 Å². The molecule has 142 valence electrons. The molecule has 7 heteroatoms. The Balaban J connectivity index is 1.29. The lowest BCUT2D eigenvalue weighted by Gasteiger charge is -2.32. The lowest BCUT2D eigenvalue weighted by Crippen LogP contribution is -2.45. The molecule has 2 heterocycles. The molecule has 0 saturated carbocycles. The van der Waals surface area contributed by atoms with Crippen molar-refractivity contribution in [3.05, 3.63) is 45.4 Å². The average Bonchev–Trinajstić information content (AvgIpc) is 3.10. The quantitative estimate of drug-likeness (QED) is 0.662. The summed E-state index contributed by atoms with van der Waals surface area (Å²) in [7, 11) is 2.20. The molecule has 1 aromatic heterocycles. The molecule has 0 bridgehead atoms. The topological polar surface area (TPSA) is 40.6 Å². The second-order valence-corrected chi connectivity index (χ2v) is 8.03. The highest BCUT2D eigenvalue weighted by molar-refractivity contribution is 7.09. The van der Waals surface area contributed by atoms with Crippen LogP contribution in [0.3, 0.4) is 0 Å². The maximum atomic E-state index is 5.88. The van der Waals surface area contributed by atoms with Crippen LogP contribution in [0.15, 0.2) is 29.6 Å². The Hall–Kier alpha value is -1.18. The number of nitrogens with one attached hydrogen (secondary N) is 1. The lowest BCUT2D eigenvalue weighted by atomic mass is 10.3. The monoisotopic (exact) mass is 394 g/mol. The van der Waals surface area contributed by atoms with Gasteiger partial charge >= 0.3 is 0 Å². The zero-order chi connectivity index (χ0) is 18.2. The lowest BCUT2D eigenvalue weighted by molar-refractivity contribution is 0.152. The molecule has 26 heavy (non-hydrogen) atoms. The third kappa shape index (κ3) is 6.52. The summed E-state index contributed by atoms with van der Waals surface area (Å²) >= 11 is 7.52. The van der Waals surface area contributed by atoms with Crippen molar-refractivity contribution in [1.82, 2.24) is 20.1 Å². The fraction of sp³-hybridized carbons (Fsp3) is 0.526. The Kier molecular flexibility index (Phi) is 7.70. The van der Waals surface area contributed by atoms with Crippen LogP contribution in [0.4, 0.5) is 0 Å². The molecule has 0 amide bonds. The first kappa shape index (κ1) is 19.6. The Morgan fingerprint density at radius 3 is 2.73 bits per heavy atom. The Morgan fingerprint density at radius 2 is 1.96 bits per heavy atom. The fourth-order valence-corrected chi connectivity index (χ4v) is 3.72. The zero-order valence-electron chi connectivity index (χ0n) is 15.3. The molecule has 1 saturated heterocycles. The first-order chi connectivity index (χ1) is 12.7.